The minimum absolute atomic E-state index is 0.0966. The van der Waals surface area contributed by atoms with Crippen LogP contribution in [0.2, 0.25) is 0 Å². The first kappa shape index (κ1) is 25.7. The summed E-state index contributed by atoms with van der Waals surface area (Å²) in [4.78, 5) is 36.5. The first-order chi connectivity index (χ1) is 17.8. The molecule has 0 spiro atoms. The molecule has 2 unspecified atom stereocenters. The van der Waals surface area contributed by atoms with Gasteiger partial charge in [0, 0.05) is 30.4 Å². The Labute approximate surface area is 215 Å². The van der Waals surface area contributed by atoms with Crippen molar-refractivity contribution in [2.45, 2.75) is 19.3 Å². The molecule has 0 radical (unpaired) electrons. The Morgan fingerprint density at radius 2 is 1.68 bits per heavy atom. The number of benzene rings is 3. The number of aryl methyl sites for hydroxylation is 1. The molecule has 9 heteroatoms. The number of aliphatic carboxylic acids is 1. The van der Waals surface area contributed by atoms with E-state index in [2.05, 4.69) is 21.3 Å². The molecule has 0 bridgehead atoms. The van der Waals surface area contributed by atoms with Crippen molar-refractivity contribution < 1.29 is 24.2 Å². The number of carboxylic acids is 1. The van der Waals surface area contributed by atoms with E-state index in [1.54, 1.807) is 30.3 Å². The standard InChI is InChI=1S/C28H30N4O5/c1-17-5-3-4-6-23(17)31-28(36)32-24-12-7-18(13-25(24)37-2)14-26(33)30-20-10-8-19(9-11-20)21-15-29-16-22(21)27(34)35/h3-13,21-22,29H,14-16H2,1-2H3,(H,30,33)(H,34,35)(H2,31,32,36). The van der Waals surface area contributed by atoms with Crippen LogP contribution in [0.25, 0.3) is 0 Å². The molecule has 1 heterocycles. The van der Waals surface area contributed by atoms with Gasteiger partial charge in [0.2, 0.25) is 5.91 Å². The van der Waals surface area contributed by atoms with Gasteiger partial charge in [-0.2, -0.15) is 0 Å². The highest BCUT2D eigenvalue weighted by molar-refractivity contribution is 6.01. The number of rotatable bonds is 8. The number of amides is 3. The van der Waals surface area contributed by atoms with Crippen molar-refractivity contribution in [2.24, 2.45) is 5.92 Å². The summed E-state index contributed by atoms with van der Waals surface area (Å²) in [7, 11) is 1.50. The molecule has 37 heavy (non-hydrogen) atoms. The zero-order chi connectivity index (χ0) is 26.4. The summed E-state index contributed by atoms with van der Waals surface area (Å²) in [5.41, 5.74) is 4.41. The van der Waals surface area contributed by atoms with E-state index in [-0.39, 0.29) is 18.2 Å². The molecule has 0 aromatic heterocycles. The Bertz CT molecular complexity index is 1290. The SMILES string of the molecule is COc1cc(CC(=O)Nc2ccc(C3CNCC3C(=O)O)cc2)ccc1NC(=O)Nc1ccccc1C. The highest BCUT2D eigenvalue weighted by Crippen LogP contribution is 2.30. The van der Waals surface area contributed by atoms with E-state index in [0.717, 1.165) is 16.7 Å². The third-order valence-electron chi connectivity index (χ3n) is 6.43. The Balaban J connectivity index is 1.35. The van der Waals surface area contributed by atoms with Gasteiger partial charge in [0.25, 0.3) is 0 Å². The summed E-state index contributed by atoms with van der Waals surface area (Å²) in [5.74, 6) is -1.13. The molecule has 0 saturated carbocycles. The van der Waals surface area contributed by atoms with Crippen molar-refractivity contribution in [2.75, 3.05) is 36.1 Å². The number of hydrogen-bond donors (Lipinski definition) is 5. The number of methoxy groups -OCH3 is 1. The molecule has 3 aromatic carbocycles. The Morgan fingerprint density at radius 1 is 0.946 bits per heavy atom. The lowest BCUT2D eigenvalue weighted by Crippen LogP contribution is -2.21. The lowest BCUT2D eigenvalue weighted by atomic mass is 9.89. The fourth-order valence-corrected chi connectivity index (χ4v) is 4.43. The number of carbonyl (C=O) groups is 3. The van der Waals surface area contributed by atoms with Crippen molar-refractivity contribution in [1.29, 1.82) is 0 Å². The van der Waals surface area contributed by atoms with Crippen LogP contribution in [0, 0.1) is 12.8 Å². The minimum atomic E-state index is -0.809. The molecule has 0 aliphatic carbocycles. The van der Waals surface area contributed by atoms with Crippen LogP contribution >= 0.6 is 0 Å². The fourth-order valence-electron chi connectivity index (χ4n) is 4.43. The van der Waals surface area contributed by atoms with Crippen molar-refractivity contribution in [3.63, 3.8) is 0 Å². The van der Waals surface area contributed by atoms with Crippen molar-refractivity contribution >= 4 is 35.0 Å². The third-order valence-corrected chi connectivity index (χ3v) is 6.43. The maximum atomic E-state index is 12.6. The maximum Gasteiger partial charge on any atom is 0.323 e. The van der Waals surface area contributed by atoms with Gasteiger partial charge in [-0.25, -0.2) is 4.79 Å². The van der Waals surface area contributed by atoms with E-state index < -0.39 is 17.9 Å². The van der Waals surface area contributed by atoms with Gasteiger partial charge in [-0.1, -0.05) is 36.4 Å². The monoisotopic (exact) mass is 502 g/mol. The number of para-hydroxylation sites is 1. The van der Waals surface area contributed by atoms with E-state index in [9.17, 15) is 19.5 Å². The Morgan fingerprint density at radius 3 is 2.38 bits per heavy atom. The van der Waals surface area contributed by atoms with Crippen LogP contribution in [0.5, 0.6) is 5.75 Å². The molecule has 192 valence electrons. The Hall–Kier alpha value is -4.37. The number of urea groups is 1. The largest absolute Gasteiger partial charge is 0.495 e. The molecule has 1 fully saturated rings. The summed E-state index contributed by atoms with van der Waals surface area (Å²) in [6, 6.07) is 19.5. The molecule has 1 aliphatic heterocycles. The smallest absolute Gasteiger partial charge is 0.323 e. The molecule has 9 nitrogen and oxygen atoms in total. The molecular weight excluding hydrogens is 472 g/mol. The number of carboxylic acid groups (broad SMARTS) is 1. The molecule has 5 N–H and O–H groups in total. The molecular formula is C28H30N4O5. The van der Waals surface area contributed by atoms with Gasteiger partial charge in [-0.05, 0) is 53.9 Å². The highest BCUT2D eigenvalue weighted by Gasteiger charge is 2.33. The number of anilines is 3. The first-order valence-electron chi connectivity index (χ1n) is 12.0. The van der Waals surface area contributed by atoms with Gasteiger partial charge in [-0.15, -0.1) is 0 Å². The lowest BCUT2D eigenvalue weighted by molar-refractivity contribution is -0.141. The number of carbonyl (C=O) groups excluding carboxylic acids is 2. The molecule has 3 amide bonds. The average Bonchev–Trinajstić information content (AvgIpc) is 3.37. The van der Waals surface area contributed by atoms with Gasteiger partial charge in [0.15, 0.2) is 0 Å². The van der Waals surface area contributed by atoms with Gasteiger partial charge in [0.05, 0.1) is 25.1 Å². The fraction of sp³-hybridized carbons (Fsp3) is 0.250. The van der Waals surface area contributed by atoms with Crippen molar-refractivity contribution in [3.8, 4) is 5.75 Å². The summed E-state index contributed by atoms with van der Waals surface area (Å²) >= 11 is 0. The molecule has 1 saturated heterocycles. The van der Waals surface area contributed by atoms with Crippen molar-refractivity contribution in [3.05, 3.63) is 83.4 Å². The van der Waals surface area contributed by atoms with E-state index >= 15 is 0 Å². The van der Waals surface area contributed by atoms with Gasteiger partial charge >= 0.3 is 12.0 Å². The summed E-state index contributed by atoms with van der Waals surface area (Å²) < 4.78 is 5.43. The van der Waals surface area contributed by atoms with E-state index in [0.29, 0.717) is 35.9 Å². The van der Waals surface area contributed by atoms with Gasteiger partial charge in [-0.3, -0.25) is 9.59 Å². The molecule has 3 aromatic rings. The van der Waals surface area contributed by atoms with Crippen LogP contribution in [0.3, 0.4) is 0 Å². The quantitative estimate of drug-likeness (QED) is 0.314. The molecule has 4 rings (SSSR count). The van der Waals surface area contributed by atoms with Crippen LogP contribution in [0.1, 0.15) is 22.6 Å². The van der Waals surface area contributed by atoms with E-state index in [1.807, 2.05) is 43.3 Å². The number of ether oxygens (including phenoxy) is 1. The summed E-state index contributed by atoms with van der Waals surface area (Å²) in [5, 5.41) is 21.0. The average molecular weight is 503 g/mol. The lowest BCUT2D eigenvalue weighted by Gasteiger charge is -2.16. The predicted octanol–water partition coefficient (Wildman–Crippen LogP) is 4.22. The molecule has 2 atom stereocenters. The third kappa shape index (κ3) is 6.45. The van der Waals surface area contributed by atoms with Gasteiger partial charge < -0.3 is 31.1 Å². The Kier molecular flexibility index (Phi) is 8.05. The van der Waals surface area contributed by atoms with Crippen LogP contribution in [-0.4, -0.2) is 43.2 Å². The van der Waals surface area contributed by atoms with Crippen LogP contribution < -0.4 is 26.0 Å². The normalized spacial score (nSPS) is 16.6. The summed E-state index contributed by atoms with van der Waals surface area (Å²) in [6.45, 7) is 2.97. The second-order valence-corrected chi connectivity index (χ2v) is 8.99. The van der Waals surface area contributed by atoms with E-state index in [1.165, 1.54) is 7.11 Å². The van der Waals surface area contributed by atoms with E-state index in [4.69, 9.17) is 4.74 Å². The van der Waals surface area contributed by atoms with Crippen LogP contribution in [-0.2, 0) is 16.0 Å². The summed E-state index contributed by atoms with van der Waals surface area (Å²) in [6.07, 6.45) is 0.113. The van der Waals surface area contributed by atoms with Crippen molar-refractivity contribution in [1.82, 2.24) is 5.32 Å². The van der Waals surface area contributed by atoms with Crippen LogP contribution in [0.15, 0.2) is 66.7 Å². The number of nitrogens with one attached hydrogen (secondary N) is 4. The second kappa shape index (κ2) is 11.6. The molecule has 1 aliphatic rings. The highest BCUT2D eigenvalue weighted by atomic mass is 16.5. The topological polar surface area (TPSA) is 129 Å². The van der Waals surface area contributed by atoms with Gasteiger partial charge in [0.1, 0.15) is 5.75 Å². The zero-order valence-corrected chi connectivity index (χ0v) is 20.7. The second-order valence-electron chi connectivity index (χ2n) is 8.99. The van der Waals surface area contributed by atoms with Crippen LogP contribution in [0.4, 0.5) is 21.9 Å². The zero-order valence-electron chi connectivity index (χ0n) is 20.7. The first-order valence-corrected chi connectivity index (χ1v) is 12.0. The maximum absolute atomic E-state index is 12.6. The number of hydrogen-bond acceptors (Lipinski definition) is 5. The predicted molar refractivity (Wildman–Crippen MR) is 142 cm³/mol. The minimum Gasteiger partial charge on any atom is -0.495 e.